The summed E-state index contributed by atoms with van der Waals surface area (Å²) in [6, 6.07) is 8.01. The van der Waals surface area contributed by atoms with Crippen LogP contribution in [0.15, 0.2) is 41.3 Å². The van der Waals surface area contributed by atoms with E-state index >= 15 is 0 Å². The summed E-state index contributed by atoms with van der Waals surface area (Å²) in [6.07, 6.45) is 0. The quantitative estimate of drug-likeness (QED) is 0.845. The van der Waals surface area contributed by atoms with E-state index in [9.17, 15) is 12.8 Å². The monoisotopic (exact) mass is 330 g/mol. The maximum absolute atomic E-state index is 13.4. The highest BCUT2D eigenvalue weighted by Crippen LogP contribution is 2.30. The van der Waals surface area contributed by atoms with Crippen molar-refractivity contribution < 1.29 is 17.5 Å². The fraction of sp³-hybridized carbons (Fsp3) is 0.0769. The van der Waals surface area contributed by atoms with Gasteiger partial charge in [0.15, 0.2) is 0 Å². The van der Waals surface area contributed by atoms with Crippen LogP contribution in [0.25, 0.3) is 0 Å². The first-order chi connectivity index (χ1) is 9.85. The molecular formula is C13H12ClFN2O3S. The molecule has 0 aliphatic heterocycles. The molecule has 3 N–H and O–H groups in total. The molecule has 0 aliphatic rings. The van der Waals surface area contributed by atoms with Gasteiger partial charge in [-0.15, -0.1) is 0 Å². The van der Waals surface area contributed by atoms with Gasteiger partial charge >= 0.3 is 0 Å². The lowest BCUT2D eigenvalue weighted by molar-refractivity contribution is 0.415. The average molecular weight is 331 g/mol. The molecule has 8 heteroatoms. The zero-order chi connectivity index (χ0) is 15.6. The van der Waals surface area contributed by atoms with Crippen LogP contribution >= 0.6 is 11.6 Å². The molecule has 2 rings (SSSR count). The standard InChI is InChI=1S/C13H12ClFN2O3S/c1-20-8-5-6-9(14)11(7-8)17-21(18,19)12-4-2-3-10(15)13(12)16/h2-7,17H,16H2,1H3. The van der Waals surface area contributed by atoms with Gasteiger partial charge in [0.1, 0.15) is 16.5 Å². The van der Waals surface area contributed by atoms with E-state index in [2.05, 4.69) is 4.72 Å². The molecule has 0 saturated heterocycles. The molecule has 2 aromatic carbocycles. The van der Waals surface area contributed by atoms with Crippen molar-refractivity contribution >= 4 is 33.0 Å². The second kappa shape index (κ2) is 5.79. The van der Waals surface area contributed by atoms with Crippen LogP contribution < -0.4 is 15.2 Å². The van der Waals surface area contributed by atoms with Crippen molar-refractivity contribution in [2.45, 2.75) is 4.90 Å². The number of sulfonamides is 1. The van der Waals surface area contributed by atoms with Crippen LogP contribution in [0.3, 0.4) is 0 Å². The van der Waals surface area contributed by atoms with E-state index in [0.717, 1.165) is 6.07 Å². The summed E-state index contributed by atoms with van der Waals surface area (Å²) in [6.45, 7) is 0. The van der Waals surface area contributed by atoms with Crippen LogP contribution in [-0.4, -0.2) is 15.5 Å². The average Bonchev–Trinajstić information content (AvgIpc) is 2.44. The van der Waals surface area contributed by atoms with Crippen LogP contribution in [0.4, 0.5) is 15.8 Å². The minimum absolute atomic E-state index is 0.111. The number of methoxy groups -OCH3 is 1. The molecule has 112 valence electrons. The summed E-state index contributed by atoms with van der Waals surface area (Å²) in [5.74, 6) is -0.390. The van der Waals surface area contributed by atoms with Gasteiger partial charge in [-0.25, -0.2) is 12.8 Å². The Kier molecular flexibility index (Phi) is 4.24. The first kappa shape index (κ1) is 15.4. The Labute approximate surface area is 126 Å². The number of para-hydroxylation sites is 1. The summed E-state index contributed by atoms with van der Waals surface area (Å²) in [5, 5.41) is 0.175. The number of ether oxygens (including phenoxy) is 1. The molecule has 0 fully saturated rings. The SMILES string of the molecule is COc1ccc(Cl)c(NS(=O)(=O)c2cccc(F)c2N)c1. The van der Waals surface area contributed by atoms with Crippen LogP contribution in [0.5, 0.6) is 5.75 Å². The number of nitrogens with two attached hydrogens (primary N) is 1. The van der Waals surface area contributed by atoms with Gasteiger partial charge in [-0.2, -0.15) is 0 Å². The van der Waals surface area contributed by atoms with Crippen molar-refractivity contribution in [1.82, 2.24) is 0 Å². The maximum atomic E-state index is 13.4. The Morgan fingerprint density at radius 2 is 2.00 bits per heavy atom. The number of benzene rings is 2. The smallest absolute Gasteiger partial charge is 0.264 e. The highest BCUT2D eigenvalue weighted by atomic mass is 35.5. The molecule has 0 saturated carbocycles. The number of nitrogen functional groups attached to an aromatic ring is 1. The van der Waals surface area contributed by atoms with Crippen molar-refractivity contribution in [1.29, 1.82) is 0 Å². The third kappa shape index (κ3) is 3.20. The number of nitrogens with one attached hydrogen (secondary N) is 1. The fourth-order valence-electron chi connectivity index (χ4n) is 1.66. The first-order valence-corrected chi connectivity index (χ1v) is 7.61. The van der Waals surface area contributed by atoms with Crippen molar-refractivity contribution in [3.05, 3.63) is 47.2 Å². The van der Waals surface area contributed by atoms with E-state index in [0.29, 0.717) is 5.75 Å². The van der Waals surface area contributed by atoms with E-state index in [1.54, 1.807) is 6.07 Å². The zero-order valence-electron chi connectivity index (χ0n) is 10.9. The van der Waals surface area contributed by atoms with Gasteiger partial charge < -0.3 is 10.5 Å². The van der Waals surface area contributed by atoms with Crippen molar-refractivity contribution in [3.63, 3.8) is 0 Å². The lowest BCUT2D eigenvalue weighted by Crippen LogP contribution is -2.15. The second-order valence-corrected chi connectivity index (χ2v) is 6.16. The summed E-state index contributed by atoms with van der Waals surface area (Å²) in [4.78, 5) is -0.360. The summed E-state index contributed by atoms with van der Waals surface area (Å²) in [7, 11) is -2.63. The van der Waals surface area contributed by atoms with Crippen LogP contribution in [0.1, 0.15) is 0 Å². The largest absolute Gasteiger partial charge is 0.497 e. The highest BCUT2D eigenvalue weighted by molar-refractivity contribution is 7.92. The Hall–Kier alpha value is -1.99. The predicted octanol–water partition coefficient (Wildman–Crippen LogP) is 2.87. The van der Waals surface area contributed by atoms with Gasteiger partial charge in [-0.3, -0.25) is 4.72 Å². The topological polar surface area (TPSA) is 81.4 Å². The van der Waals surface area contributed by atoms with Gasteiger partial charge in [0, 0.05) is 6.07 Å². The van der Waals surface area contributed by atoms with Crippen LogP contribution in [0, 0.1) is 5.82 Å². The molecule has 0 atom stereocenters. The summed E-state index contributed by atoms with van der Waals surface area (Å²) >= 11 is 5.93. The van der Waals surface area contributed by atoms with E-state index < -0.39 is 21.5 Å². The molecule has 5 nitrogen and oxygen atoms in total. The molecule has 0 aromatic heterocycles. The van der Waals surface area contributed by atoms with Crippen LogP contribution in [0.2, 0.25) is 5.02 Å². The number of rotatable bonds is 4. The van der Waals surface area contributed by atoms with E-state index in [4.69, 9.17) is 22.1 Å². The van der Waals surface area contributed by atoms with Crippen molar-refractivity contribution in [2.24, 2.45) is 0 Å². The normalized spacial score (nSPS) is 11.2. The van der Waals surface area contributed by atoms with Crippen molar-refractivity contribution in [2.75, 3.05) is 17.6 Å². The van der Waals surface area contributed by atoms with Crippen molar-refractivity contribution in [3.8, 4) is 5.75 Å². The van der Waals surface area contributed by atoms with Gasteiger partial charge in [0.05, 0.1) is 23.5 Å². The number of hydrogen-bond acceptors (Lipinski definition) is 4. The molecule has 0 bridgehead atoms. The molecule has 21 heavy (non-hydrogen) atoms. The summed E-state index contributed by atoms with van der Waals surface area (Å²) in [5.41, 5.74) is 5.12. The number of halogens is 2. The Balaban J connectivity index is 2.45. The highest BCUT2D eigenvalue weighted by Gasteiger charge is 2.20. The molecule has 0 radical (unpaired) electrons. The van der Waals surface area contributed by atoms with Gasteiger partial charge in [-0.05, 0) is 24.3 Å². The molecule has 0 amide bonds. The third-order valence-corrected chi connectivity index (χ3v) is 4.47. The van der Waals surface area contributed by atoms with Gasteiger partial charge in [-0.1, -0.05) is 17.7 Å². The maximum Gasteiger partial charge on any atom is 0.264 e. The molecular weight excluding hydrogens is 319 g/mol. The third-order valence-electron chi connectivity index (χ3n) is 2.72. The van der Waals surface area contributed by atoms with Gasteiger partial charge in [0.25, 0.3) is 10.0 Å². The first-order valence-electron chi connectivity index (χ1n) is 5.75. The molecule has 0 spiro atoms. The van der Waals surface area contributed by atoms with E-state index in [-0.39, 0.29) is 15.6 Å². The van der Waals surface area contributed by atoms with Crippen LogP contribution in [-0.2, 0) is 10.0 Å². The molecule has 2 aromatic rings. The minimum Gasteiger partial charge on any atom is -0.497 e. The fourth-order valence-corrected chi connectivity index (χ4v) is 3.09. The lowest BCUT2D eigenvalue weighted by atomic mass is 10.3. The molecule has 0 unspecified atom stereocenters. The van der Waals surface area contributed by atoms with E-state index in [1.165, 1.54) is 31.4 Å². The Morgan fingerprint density at radius 1 is 1.29 bits per heavy atom. The Bertz CT molecular complexity index is 781. The Morgan fingerprint density at radius 3 is 2.67 bits per heavy atom. The number of anilines is 2. The zero-order valence-corrected chi connectivity index (χ0v) is 12.5. The second-order valence-electron chi connectivity index (χ2n) is 4.10. The lowest BCUT2D eigenvalue weighted by Gasteiger charge is -2.12. The predicted molar refractivity (Wildman–Crippen MR) is 79.6 cm³/mol. The van der Waals surface area contributed by atoms with Gasteiger partial charge in [0.2, 0.25) is 0 Å². The van der Waals surface area contributed by atoms with E-state index in [1.807, 2.05) is 0 Å². The number of hydrogen-bond donors (Lipinski definition) is 2. The molecule has 0 aliphatic carbocycles. The summed E-state index contributed by atoms with van der Waals surface area (Å²) < 4.78 is 45.2. The minimum atomic E-state index is -4.07. The molecule has 0 heterocycles.